The van der Waals surface area contributed by atoms with Crippen LogP contribution in [-0.2, 0) is 21.2 Å². The number of hydrogen-bond acceptors (Lipinski definition) is 4. The van der Waals surface area contributed by atoms with Crippen molar-refractivity contribution in [2.45, 2.75) is 56.1 Å². The number of unbranched alkanes of at least 4 members (excludes halogenated alkanes) is 4. The van der Waals surface area contributed by atoms with Gasteiger partial charge in [0.25, 0.3) is 0 Å². The largest absolute Gasteiger partial charge is 0.356 e. The number of thiophene rings is 1. The fourth-order valence-electron chi connectivity index (χ4n) is 1.95. The molecule has 120 valence electrons. The molecule has 0 unspecified atom stereocenters. The normalized spacial score (nSPS) is 11.5. The van der Waals surface area contributed by atoms with Gasteiger partial charge >= 0.3 is 0 Å². The second kappa shape index (κ2) is 9.17. The molecule has 1 aromatic heterocycles. The van der Waals surface area contributed by atoms with E-state index in [2.05, 4.69) is 12.2 Å². The summed E-state index contributed by atoms with van der Waals surface area (Å²) in [6.07, 6.45) is 6.85. The van der Waals surface area contributed by atoms with Crippen molar-refractivity contribution >= 4 is 27.3 Å². The predicted octanol–water partition coefficient (Wildman–Crippen LogP) is 2.41. The van der Waals surface area contributed by atoms with Gasteiger partial charge in [-0.1, -0.05) is 32.6 Å². The fourth-order valence-corrected chi connectivity index (χ4v) is 3.73. The summed E-state index contributed by atoms with van der Waals surface area (Å²) in [6, 6.07) is 3.24. The number of sulfonamides is 1. The zero-order valence-electron chi connectivity index (χ0n) is 12.4. The number of carbonyl (C=O) groups is 1. The molecule has 1 amide bonds. The number of amides is 1. The molecule has 1 aromatic rings. The van der Waals surface area contributed by atoms with E-state index in [-0.39, 0.29) is 10.1 Å². The van der Waals surface area contributed by atoms with E-state index >= 15 is 0 Å². The number of primary sulfonamides is 1. The van der Waals surface area contributed by atoms with Gasteiger partial charge in [-0.3, -0.25) is 4.79 Å². The first-order valence-electron chi connectivity index (χ1n) is 7.31. The van der Waals surface area contributed by atoms with E-state index in [0.717, 1.165) is 29.1 Å². The molecule has 0 aliphatic carbocycles. The summed E-state index contributed by atoms with van der Waals surface area (Å²) < 4.78 is 22.4. The molecule has 0 atom stereocenters. The number of rotatable bonds is 10. The Labute approximate surface area is 131 Å². The Morgan fingerprint density at radius 2 is 1.95 bits per heavy atom. The van der Waals surface area contributed by atoms with Crippen molar-refractivity contribution in [2.24, 2.45) is 5.14 Å². The van der Waals surface area contributed by atoms with Gasteiger partial charge in [0.1, 0.15) is 4.21 Å². The summed E-state index contributed by atoms with van der Waals surface area (Å²) in [5.41, 5.74) is 0. The Bertz CT molecular complexity index is 538. The molecule has 0 spiro atoms. The molecule has 0 aliphatic heterocycles. The molecule has 3 N–H and O–H groups in total. The summed E-state index contributed by atoms with van der Waals surface area (Å²) in [6.45, 7) is 2.69. The van der Waals surface area contributed by atoms with Crippen molar-refractivity contribution in [1.29, 1.82) is 0 Å². The van der Waals surface area contributed by atoms with Crippen LogP contribution in [0.1, 0.15) is 50.3 Å². The summed E-state index contributed by atoms with van der Waals surface area (Å²) in [4.78, 5) is 12.5. The highest BCUT2D eigenvalue weighted by Gasteiger charge is 2.11. The van der Waals surface area contributed by atoms with Crippen LogP contribution < -0.4 is 10.5 Å². The lowest BCUT2D eigenvalue weighted by molar-refractivity contribution is -0.121. The summed E-state index contributed by atoms with van der Waals surface area (Å²) in [5, 5.41) is 7.91. The third-order valence-electron chi connectivity index (χ3n) is 3.12. The number of carbonyl (C=O) groups excluding carboxylic acids is 1. The van der Waals surface area contributed by atoms with Gasteiger partial charge in [0.2, 0.25) is 15.9 Å². The van der Waals surface area contributed by atoms with E-state index in [1.54, 1.807) is 6.07 Å². The quantitative estimate of drug-likeness (QED) is 0.645. The van der Waals surface area contributed by atoms with Crippen molar-refractivity contribution in [3.8, 4) is 0 Å². The number of nitrogens with one attached hydrogen (secondary N) is 1. The molecule has 1 heterocycles. The van der Waals surface area contributed by atoms with Gasteiger partial charge in [-0.15, -0.1) is 11.3 Å². The Hall–Kier alpha value is -0.920. The van der Waals surface area contributed by atoms with Crippen LogP contribution in [0.5, 0.6) is 0 Å². The highest BCUT2D eigenvalue weighted by atomic mass is 32.2. The van der Waals surface area contributed by atoms with Gasteiger partial charge in [0.15, 0.2) is 0 Å². The van der Waals surface area contributed by atoms with E-state index in [4.69, 9.17) is 5.14 Å². The van der Waals surface area contributed by atoms with Gasteiger partial charge in [-0.05, 0) is 25.0 Å². The van der Waals surface area contributed by atoms with Crippen molar-refractivity contribution < 1.29 is 13.2 Å². The van der Waals surface area contributed by atoms with Gasteiger partial charge < -0.3 is 5.32 Å². The highest BCUT2D eigenvalue weighted by molar-refractivity contribution is 7.91. The lowest BCUT2D eigenvalue weighted by Crippen LogP contribution is -2.25. The summed E-state index contributed by atoms with van der Waals surface area (Å²) >= 11 is 1.15. The lowest BCUT2D eigenvalue weighted by atomic mass is 10.1. The second-order valence-electron chi connectivity index (χ2n) is 5.03. The Morgan fingerprint density at radius 3 is 2.57 bits per heavy atom. The summed E-state index contributed by atoms with van der Waals surface area (Å²) in [7, 11) is -3.61. The van der Waals surface area contributed by atoms with Crippen LogP contribution in [0, 0.1) is 0 Å². The average Bonchev–Trinajstić information content (AvgIpc) is 2.87. The van der Waals surface area contributed by atoms with E-state index in [1.165, 1.54) is 25.3 Å². The smallest absolute Gasteiger partial charge is 0.247 e. The molecule has 0 bridgehead atoms. The van der Waals surface area contributed by atoms with E-state index in [9.17, 15) is 13.2 Å². The molecule has 0 fully saturated rings. The molecule has 21 heavy (non-hydrogen) atoms. The van der Waals surface area contributed by atoms with Gasteiger partial charge in [0.05, 0.1) is 0 Å². The molecule has 0 radical (unpaired) electrons. The molecular weight excluding hydrogens is 308 g/mol. The third kappa shape index (κ3) is 7.59. The molecule has 0 saturated carbocycles. The number of nitrogens with two attached hydrogens (primary N) is 1. The van der Waals surface area contributed by atoms with E-state index < -0.39 is 10.0 Å². The minimum atomic E-state index is -3.61. The Balaban J connectivity index is 2.18. The van der Waals surface area contributed by atoms with Crippen molar-refractivity contribution in [2.75, 3.05) is 6.54 Å². The first-order chi connectivity index (χ1) is 9.93. The van der Waals surface area contributed by atoms with Crippen LogP contribution in [-0.4, -0.2) is 20.9 Å². The van der Waals surface area contributed by atoms with Crippen LogP contribution in [0.3, 0.4) is 0 Å². The van der Waals surface area contributed by atoms with Crippen molar-refractivity contribution in [3.63, 3.8) is 0 Å². The molecule has 7 heteroatoms. The second-order valence-corrected chi connectivity index (χ2v) is 7.99. The Kier molecular flexibility index (Phi) is 7.92. The fraction of sp³-hybridized carbons (Fsp3) is 0.643. The van der Waals surface area contributed by atoms with Gasteiger partial charge in [-0.2, -0.15) is 0 Å². The van der Waals surface area contributed by atoms with Crippen LogP contribution in [0.4, 0.5) is 0 Å². The lowest BCUT2D eigenvalue weighted by Gasteiger charge is -2.04. The monoisotopic (exact) mass is 332 g/mol. The molecule has 5 nitrogen and oxygen atoms in total. The van der Waals surface area contributed by atoms with Crippen LogP contribution in [0.15, 0.2) is 16.3 Å². The molecule has 0 aliphatic rings. The van der Waals surface area contributed by atoms with Gasteiger partial charge in [-0.25, -0.2) is 13.6 Å². The SMILES string of the molecule is CCCCCCCC(=O)NCCc1ccc(S(N)(=O)=O)s1. The van der Waals surface area contributed by atoms with Crippen LogP contribution in [0.25, 0.3) is 0 Å². The molecule has 0 aromatic carbocycles. The molecule has 1 rings (SSSR count). The first kappa shape index (κ1) is 18.1. The third-order valence-corrected chi connectivity index (χ3v) is 5.70. The molecule has 0 saturated heterocycles. The summed E-state index contributed by atoms with van der Waals surface area (Å²) in [5.74, 6) is 0.0646. The maximum absolute atomic E-state index is 11.6. The maximum Gasteiger partial charge on any atom is 0.247 e. The maximum atomic E-state index is 11.6. The average molecular weight is 332 g/mol. The molecular formula is C14H24N2O3S2. The minimum absolute atomic E-state index is 0.0646. The standard InChI is InChI=1S/C14H24N2O3S2/c1-2-3-4-5-6-7-13(17)16-11-10-12-8-9-14(20-12)21(15,18)19/h8-9H,2-7,10-11H2,1H3,(H,16,17)(H2,15,18,19). The topological polar surface area (TPSA) is 89.3 Å². The van der Waals surface area contributed by atoms with Crippen LogP contribution >= 0.6 is 11.3 Å². The van der Waals surface area contributed by atoms with Gasteiger partial charge in [0, 0.05) is 17.8 Å². The minimum Gasteiger partial charge on any atom is -0.356 e. The Morgan fingerprint density at radius 1 is 1.24 bits per heavy atom. The zero-order valence-corrected chi connectivity index (χ0v) is 14.1. The highest BCUT2D eigenvalue weighted by Crippen LogP contribution is 2.20. The van der Waals surface area contributed by atoms with Crippen molar-refractivity contribution in [3.05, 3.63) is 17.0 Å². The number of hydrogen-bond donors (Lipinski definition) is 2. The predicted molar refractivity (Wildman–Crippen MR) is 85.8 cm³/mol. The zero-order chi connectivity index (χ0) is 15.7. The van der Waals surface area contributed by atoms with Crippen LogP contribution in [0.2, 0.25) is 0 Å². The van der Waals surface area contributed by atoms with Crippen molar-refractivity contribution in [1.82, 2.24) is 5.32 Å². The van der Waals surface area contributed by atoms with E-state index in [1.807, 2.05) is 0 Å². The van der Waals surface area contributed by atoms with E-state index in [0.29, 0.717) is 19.4 Å². The first-order valence-corrected chi connectivity index (χ1v) is 9.68.